The first-order valence-electron chi connectivity index (χ1n) is 7.77. The van der Waals surface area contributed by atoms with E-state index in [9.17, 15) is 0 Å². The standard InChI is InChI=1S/C17H26N2/c1-13-4-3-5-17(14(13)2)19-10-7-15(8-11-19)16-6-9-18-12-16/h3-5,15-16,18H,6-12H2,1-2H3. The summed E-state index contributed by atoms with van der Waals surface area (Å²) in [5.74, 6) is 1.90. The second kappa shape index (κ2) is 5.54. The van der Waals surface area contributed by atoms with Gasteiger partial charge in [-0.15, -0.1) is 0 Å². The third kappa shape index (κ3) is 2.64. The highest BCUT2D eigenvalue weighted by Crippen LogP contribution is 2.32. The highest BCUT2D eigenvalue weighted by Gasteiger charge is 2.28. The lowest BCUT2D eigenvalue weighted by atomic mass is 9.83. The number of hydrogen-bond acceptors (Lipinski definition) is 2. The molecule has 1 aromatic rings. The van der Waals surface area contributed by atoms with E-state index in [1.54, 1.807) is 0 Å². The Bertz CT molecular complexity index is 427. The minimum atomic E-state index is 0.945. The van der Waals surface area contributed by atoms with Gasteiger partial charge in [-0.05, 0) is 75.2 Å². The second-order valence-electron chi connectivity index (χ2n) is 6.30. The van der Waals surface area contributed by atoms with Gasteiger partial charge in [0.1, 0.15) is 0 Å². The molecular formula is C17H26N2. The van der Waals surface area contributed by atoms with Gasteiger partial charge < -0.3 is 10.2 Å². The summed E-state index contributed by atoms with van der Waals surface area (Å²) in [7, 11) is 0. The van der Waals surface area contributed by atoms with Crippen LogP contribution in [-0.2, 0) is 0 Å². The first-order chi connectivity index (χ1) is 9.25. The number of hydrogen-bond donors (Lipinski definition) is 1. The lowest BCUT2D eigenvalue weighted by Crippen LogP contribution is -2.37. The van der Waals surface area contributed by atoms with Crippen LogP contribution in [-0.4, -0.2) is 26.2 Å². The van der Waals surface area contributed by atoms with Crippen molar-refractivity contribution >= 4 is 5.69 Å². The molecule has 2 saturated heterocycles. The average Bonchev–Trinajstić information content (AvgIpc) is 2.96. The van der Waals surface area contributed by atoms with Gasteiger partial charge in [0.2, 0.25) is 0 Å². The maximum Gasteiger partial charge on any atom is 0.0398 e. The Balaban J connectivity index is 1.64. The molecule has 0 aliphatic carbocycles. The van der Waals surface area contributed by atoms with Crippen LogP contribution in [0.4, 0.5) is 5.69 Å². The SMILES string of the molecule is Cc1cccc(N2CCC(C3CCNC3)CC2)c1C. The van der Waals surface area contributed by atoms with E-state index in [-0.39, 0.29) is 0 Å². The number of aryl methyl sites for hydroxylation is 1. The molecule has 1 N–H and O–H groups in total. The molecule has 0 spiro atoms. The fraction of sp³-hybridized carbons (Fsp3) is 0.647. The Morgan fingerprint density at radius 3 is 2.53 bits per heavy atom. The molecule has 0 saturated carbocycles. The van der Waals surface area contributed by atoms with Crippen molar-refractivity contribution < 1.29 is 0 Å². The predicted molar refractivity (Wildman–Crippen MR) is 81.8 cm³/mol. The fourth-order valence-electron chi connectivity index (χ4n) is 3.77. The Kier molecular flexibility index (Phi) is 3.79. The Morgan fingerprint density at radius 1 is 1.05 bits per heavy atom. The van der Waals surface area contributed by atoms with E-state index >= 15 is 0 Å². The fourth-order valence-corrected chi connectivity index (χ4v) is 3.77. The second-order valence-corrected chi connectivity index (χ2v) is 6.30. The van der Waals surface area contributed by atoms with Crippen molar-refractivity contribution in [2.45, 2.75) is 33.1 Å². The molecular weight excluding hydrogens is 232 g/mol. The highest BCUT2D eigenvalue weighted by atomic mass is 15.1. The molecule has 2 nitrogen and oxygen atoms in total. The molecule has 0 aromatic heterocycles. The van der Waals surface area contributed by atoms with Crippen molar-refractivity contribution in [1.82, 2.24) is 5.32 Å². The van der Waals surface area contributed by atoms with Crippen LogP contribution in [0.2, 0.25) is 0 Å². The zero-order valence-electron chi connectivity index (χ0n) is 12.3. The molecule has 0 radical (unpaired) electrons. The van der Waals surface area contributed by atoms with Gasteiger partial charge >= 0.3 is 0 Å². The number of benzene rings is 1. The monoisotopic (exact) mass is 258 g/mol. The van der Waals surface area contributed by atoms with Crippen molar-refractivity contribution in [2.75, 3.05) is 31.1 Å². The van der Waals surface area contributed by atoms with E-state index in [2.05, 4.69) is 42.3 Å². The summed E-state index contributed by atoms with van der Waals surface area (Å²) >= 11 is 0. The molecule has 2 aliphatic heterocycles. The van der Waals surface area contributed by atoms with E-state index < -0.39 is 0 Å². The number of anilines is 1. The van der Waals surface area contributed by atoms with Crippen molar-refractivity contribution in [3.05, 3.63) is 29.3 Å². The summed E-state index contributed by atoms with van der Waals surface area (Å²) in [6, 6.07) is 6.71. The molecule has 1 atom stereocenters. The summed E-state index contributed by atoms with van der Waals surface area (Å²) < 4.78 is 0. The molecule has 2 fully saturated rings. The minimum absolute atomic E-state index is 0.945. The third-order valence-corrected chi connectivity index (χ3v) is 5.22. The van der Waals surface area contributed by atoms with Gasteiger partial charge in [-0.25, -0.2) is 0 Å². The Labute approximate surface area is 117 Å². The zero-order valence-corrected chi connectivity index (χ0v) is 12.3. The van der Waals surface area contributed by atoms with Gasteiger partial charge in [-0.1, -0.05) is 12.1 Å². The van der Waals surface area contributed by atoms with Crippen LogP contribution >= 0.6 is 0 Å². The third-order valence-electron chi connectivity index (χ3n) is 5.22. The van der Waals surface area contributed by atoms with Crippen molar-refractivity contribution in [1.29, 1.82) is 0 Å². The molecule has 3 rings (SSSR count). The van der Waals surface area contributed by atoms with Crippen molar-refractivity contribution in [3.63, 3.8) is 0 Å². The van der Waals surface area contributed by atoms with E-state index in [4.69, 9.17) is 0 Å². The van der Waals surface area contributed by atoms with Crippen LogP contribution in [0.1, 0.15) is 30.4 Å². The average molecular weight is 258 g/mol. The van der Waals surface area contributed by atoms with Gasteiger partial charge in [0.05, 0.1) is 0 Å². The van der Waals surface area contributed by atoms with Crippen molar-refractivity contribution in [3.8, 4) is 0 Å². The summed E-state index contributed by atoms with van der Waals surface area (Å²) in [5, 5.41) is 3.52. The molecule has 2 aliphatic rings. The molecule has 0 amide bonds. The summed E-state index contributed by atoms with van der Waals surface area (Å²) in [6.45, 7) is 9.46. The minimum Gasteiger partial charge on any atom is -0.371 e. The molecule has 19 heavy (non-hydrogen) atoms. The highest BCUT2D eigenvalue weighted by molar-refractivity contribution is 5.56. The first-order valence-corrected chi connectivity index (χ1v) is 7.77. The van der Waals surface area contributed by atoms with Crippen molar-refractivity contribution in [2.24, 2.45) is 11.8 Å². The molecule has 0 bridgehead atoms. The molecule has 2 heteroatoms. The van der Waals surface area contributed by atoms with Crippen LogP contribution in [0, 0.1) is 25.7 Å². The largest absolute Gasteiger partial charge is 0.371 e. The Morgan fingerprint density at radius 2 is 1.84 bits per heavy atom. The lowest BCUT2D eigenvalue weighted by molar-refractivity contribution is 0.292. The summed E-state index contributed by atoms with van der Waals surface area (Å²) in [5.41, 5.74) is 4.34. The zero-order chi connectivity index (χ0) is 13.2. The van der Waals surface area contributed by atoms with Crippen LogP contribution in [0.15, 0.2) is 18.2 Å². The smallest absolute Gasteiger partial charge is 0.0398 e. The van der Waals surface area contributed by atoms with Crippen LogP contribution in [0.3, 0.4) is 0 Å². The van der Waals surface area contributed by atoms with Gasteiger partial charge in [-0.2, -0.15) is 0 Å². The molecule has 2 heterocycles. The first kappa shape index (κ1) is 13.0. The van der Waals surface area contributed by atoms with Gasteiger partial charge in [-0.3, -0.25) is 0 Å². The van der Waals surface area contributed by atoms with E-state index in [0.717, 1.165) is 11.8 Å². The quantitative estimate of drug-likeness (QED) is 0.877. The van der Waals surface area contributed by atoms with Gasteiger partial charge in [0.25, 0.3) is 0 Å². The van der Waals surface area contributed by atoms with Crippen LogP contribution in [0.5, 0.6) is 0 Å². The van der Waals surface area contributed by atoms with Crippen LogP contribution in [0.25, 0.3) is 0 Å². The van der Waals surface area contributed by atoms with E-state index in [1.807, 2.05) is 0 Å². The number of rotatable bonds is 2. The topological polar surface area (TPSA) is 15.3 Å². The van der Waals surface area contributed by atoms with Gasteiger partial charge in [0.15, 0.2) is 0 Å². The number of nitrogens with zero attached hydrogens (tertiary/aromatic N) is 1. The number of nitrogens with one attached hydrogen (secondary N) is 1. The predicted octanol–water partition coefficient (Wildman–Crippen LogP) is 3.13. The molecule has 1 unspecified atom stereocenters. The molecule has 1 aromatic carbocycles. The van der Waals surface area contributed by atoms with Crippen LogP contribution < -0.4 is 10.2 Å². The Hall–Kier alpha value is -1.02. The summed E-state index contributed by atoms with van der Waals surface area (Å²) in [6.07, 6.45) is 4.15. The van der Waals surface area contributed by atoms with E-state index in [1.165, 1.54) is 62.3 Å². The maximum atomic E-state index is 3.52. The van der Waals surface area contributed by atoms with E-state index in [0.29, 0.717) is 0 Å². The number of piperidine rings is 1. The molecule has 104 valence electrons. The summed E-state index contributed by atoms with van der Waals surface area (Å²) in [4.78, 5) is 2.60. The normalized spacial score (nSPS) is 24.9. The maximum absolute atomic E-state index is 3.52. The lowest BCUT2D eigenvalue weighted by Gasteiger charge is -2.37. The van der Waals surface area contributed by atoms with Gasteiger partial charge in [0, 0.05) is 18.8 Å².